The number of ether oxygens (including phenoxy) is 2. The molecule has 1 aromatic heterocycles. The lowest BCUT2D eigenvalue weighted by Crippen LogP contribution is -2.45. The predicted octanol–water partition coefficient (Wildman–Crippen LogP) is 4.29. The van der Waals surface area contributed by atoms with Gasteiger partial charge in [-0.2, -0.15) is 0 Å². The van der Waals surface area contributed by atoms with Gasteiger partial charge in [-0.05, 0) is 62.7 Å². The van der Waals surface area contributed by atoms with Gasteiger partial charge in [-0.15, -0.1) is 11.7 Å². The number of anilines is 2. The van der Waals surface area contributed by atoms with E-state index in [1.165, 1.54) is 13.8 Å². The largest absolute Gasteiger partial charge is 0.497 e. The molecular formula is C32H38FN5O5. The van der Waals surface area contributed by atoms with Gasteiger partial charge in [0, 0.05) is 61.0 Å². The molecule has 4 atom stereocenters. The SMILES string of the molecule is C=CCN1C(=O)[C@@]2(O[C@@H](CCn3cc(CCO)nn3)[C@H](C(C)(C)F)[C@H]2C)c2cc(NC(=O)c3ccc(OC)cc3)ccc21. The minimum absolute atomic E-state index is 0.0339. The standard InChI is InChI=1S/C32H38FN5O5/c1-6-15-38-26-12-9-22(34-29(40)21-7-10-24(42-5)11-8-21)18-25(26)32(30(38)41)20(2)28(31(3,4)33)27(43-32)13-16-37-19-23(14-17-39)35-36-37/h6-12,18-20,27-28,39H,1,13-17H2,2-5H3,(H,34,40)/t20-,27+,28-,32+/m1/s1. The molecule has 11 heteroatoms. The maximum atomic E-state index is 16.0. The molecule has 0 bridgehead atoms. The lowest BCUT2D eigenvalue weighted by molar-refractivity contribution is -0.146. The summed E-state index contributed by atoms with van der Waals surface area (Å²) >= 11 is 0. The summed E-state index contributed by atoms with van der Waals surface area (Å²) in [6.45, 7) is 9.34. The third kappa shape index (κ3) is 5.54. The molecule has 1 saturated heterocycles. The van der Waals surface area contributed by atoms with Crippen LogP contribution >= 0.6 is 0 Å². The summed E-state index contributed by atoms with van der Waals surface area (Å²) in [6, 6.07) is 12.0. The Kier molecular flexibility index (Phi) is 8.40. The zero-order chi connectivity index (χ0) is 30.9. The molecule has 0 saturated carbocycles. The van der Waals surface area contributed by atoms with E-state index in [4.69, 9.17) is 9.47 Å². The summed E-state index contributed by atoms with van der Waals surface area (Å²) in [5.74, 6) is -1.12. The van der Waals surface area contributed by atoms with Crippen LogP contribution in [0.5, 0.6) is 5.75 Å². The topological polar surface area (TPSA) is 119 Å². The van der Waals surface area contributed by atoms with Crippen LogP contribution < -0.4 is 15.0 Å². The fourth-order valence-corrected chi connectivity index (χ4v) is 6.59. The van der Waals surface area contributed by atoms with E-state index in [9.17, 15) is 14.7 Å². The van der Waals surface area contributed by atoms with E-state index in [-0.39, 0.29) is 25.0 Å². The number of aliphatic hydroxyl groups excluding tert-OH is 1. The molecule has 5 rings (SSSR count). The molecule has 3 heterocycles. The highest BCUT2D eigenvalue weighted by molar-refractivity contribution is 6.09. The number of carbonyl (C=O) groups is 2. The Balaban J connectivity index is 1.49. The second-order valence-electron chi connectivity index (χ2n) is 11.6. The maximum Gasteiger partial charge on any atom is 0.264 e. The van der Waals surface area contributed by atoms with Crippen LogP contribution in [0.4, 0.5) is 15.8 Å². The number of aromatic nitrogens is 3. The van der Waals surface area contributed by atoms with Crippen LogP contribution in [0.3, 0.4) is 0 Å². The average Bonchev–Trinajstić information content (AvgIpc) is 3.62. The zero-order valence-electron chi connectivity index (χ0n) is 24.9. The van der Waals surface area contributed by atoms with E-state index < -0.39 is 29.2 Å². The number of methoxy groups -OCH3 is 1. The number of nitrogens with zero attached hydrogens (tertiary/aromatic N) is 4. The molecular weight excluding hydrogens is 553 g/mol. The van der Waals surface area contributed by atoms with Gasteiger partial charge in [0.25, 0.3) is 11.8 Å². The van der Waals surface area contributed by atoms with E-state index in [1.807, 2.05) is 6.92 Å². The van der Waals surface area contributed by atoms with Crippen molar-refractivity contribution in [3.8, 4) is 5.75 Å². The summed E-state index contributed by atoms with van der Waals surface area (Å²) in [4.78, 5) is 28.9. The number of benzene rings is 2. The van der Waals surface area contributed by atoms with Crippen molar-refractivity contribution in [2.24, 2.45) is 11.8 Å². The number of aryl methyl sites for hydroxylation is 1. The molecule has 1 spiro atoms. The fraction of sp³-hybridized carbons (Fsp3) is 0.438. The normalized spacial score (nSPS) is 23.1. The maximum absolute atomic E-state index is 16.0. The summed E-state index contributed by atoms with van der Waals surface area (Å²) in [5, 5.41) is 20.3. The number of aliphatic hydroxyl groups is 1. The van der Waals surface area contributed by atoms with Crippen molar-refractivity contribution in [2.45, 2.75) is 57.5 Å². The Labute approximate surface area is 250 Å². The summed E-state index contributed by atoms with van der Waals surface area (Å²) < 4.78 is 29.5. The molecule has 2 N–H and O–H groups in total. The summed E-state index contributed by atoms with van der Waals surface area (Å²) in [5.41, 5.74) is -0.303. The molecule has 0 unspecified atom stereocenters. The van der Waals surface area contributed by atoms with Crippen molar-refractivity contribution >= 4 is 23.2 Å². The van der Waals surface area contributed by atoms with E-state index in [2.05, 4.69) is 22.2 Å². The number of hydrogen-bond acceptors (Lipinski definition) is 7. The molecule has 1 fully saturated rings. The average molecular weight is 592 g/mol. The van der Waals surface area contributed by atoms with Crippen LogP contribution in [-0.4, -0.2) is 63.9 Å². The third-order valence-electron chi connectivity index (χ3n) is 8.48. The minimum Gasteiger partial charge on any atom is -0.497 e. The van der Waals surface area contributed by atoms with E-state index in [1.54, 1.807) is 71.4 Å². The van der Waals surface area contributed by atoms with Gasteiger partial charge >= 0.3 is 0 Å². The van der Waals surface area contributed by atoms with Gasteiger partial charge in [0.2, 0.25) is 0 Å². The van der Waals surface area contributed by atoms with Crippen LogP contribution in [0.15, 0.2) is 61.3 Å². The molecule has 43 heavy (non-hydrogen) atoms. The molecule has 2 aliphatic heterocycles. The Morgan fingerprint density at radius 1 is 1.28 bits per heavy atom. The number of nitrogens with one attached hydrogen (secondary N) is 1. The molecule has 0 radical (unpaired) electrons. The number of carbonyl (C=O) groups excluding carboxylic acids is 2. The first-order valence-electron chi connectivity index (χ1n) is 14.4. The van der Waals surface area contributed by atoms with Gasteiger partial charge in [-0.25, -0.2) is 4.39 Å². The quantitative estimate of drug-likeness (QED) is 0.320. The first-order valence-corrected chi connectivity index (χ1v) is 14.4. The molecule has 0 aliphatic carbocycles. The first kappa shape index (κ1) is 30.4. The van der Waals surface area contributed by atoms with Crippen LogP contribution in [0.1, 0.15) is 48.8 Å². The van der Waals surface area contributed by atoms with Crippen LogP contribution in [-0.2, 0) is 28.1 Å². The molecule has 2 amide bonds. The van der Waals surface area contributed by atoms with Crippen LogP contribution in [0.2, 0.25) is 0 Å². The smallest absolute Gasteiger partial charge is 0.264 e. The lowest BCUT2D eigenvalue weighted by atomic mass is 9.71. The van der Waals surface area contributed by atoms with Gasteiger partial charge < -0.3 is 24.8 Å². The minimum atomic E-state index is -1.66. The van der Waals surface area contributed by atoms with Gasteiger partial charge in [0.15, 0.2) is 5.60 Å². The first-order chi connectivity index (χ1) is 20.5. The van der Waals surface area contributed by atoms with Crippen molar-refractivity contribution < 1.29 is 28.6 Å². The number of fused-ring (bicyclic) bond motifs is 2. The molecule has 2 aliphatic rings. The van der Waals surface area contributed by atoms with Crippen molar-refractivity contribution in [1.82, 2.24) is 15.0 Å². The second kappa shape index (κ2) is 11.9. The number of alkyl halides is 1. The molecule has 3 aromatic rings. The van der Waals surface area contributed by atoms with Crippen LogP contribution in [0.25, 0.3) is 0 Å². The molecule has 228 valence electrons. The highest BCUT2D eigenvalue weighted by Gasteiger charge is 2.66. The predicted molar refractivity (Wildman–Crippen MR) is 160 cm³/mol. The summed E-state index contributed by atoms with van der Waals surface area (Å²) in [7, 11) is 1.56. The van der Waals surface area contributed by atoms with Crippen molar-refractivity contribution in [3.05, 3.63) is 78.1 Å². The highest BCUT2D eigenvalue weighted by Crippen LogP contribution is 2.58. The Hall–Kier alpha value is -4.09. The van der Waals surface area contributed by atoms with Crippen molar-refractivity contribution in [2.75, 3.05) is 30.5 Å². The highest BCUT2D eigenvalue weighted by atomic mass is 19.1. The summed E-state index contributed by atoms with van der Waals surface area (Å²) in [6.07, 6.45) is 3.56. The number of rotatable bonds is 11. The van der Waals surface area contributed by atoms with E-state index in [0.29, 0.717) is 53.3 Å². The Morgan fingerprint density at radius 2 is 2.02 bits per heavy atom. The molecule has 2 aromatic carbocycles. The Morgan fingerprint density at radius 3 is 2.67 bits per heavy atom. The van der Waals surface area contributed by atoms with Crippen molar-refractivity contribution in [1.29, 1.82) is 0 Å². The van der Waals surface area contributed by atoms with Gasteiger partial charge in [0.1, 0.15) is 11.4 Å². The second-order valence-corrected chi connectivity index (χ2v) is 11.6. The number of amides is 2. The van der Waals surface area contributed by atoms with Gasteiger partial charge in [-0.1, -0.05) is 18.2 Å². The zero-order valence-corrected chi connectivity index (χ0v) is 24.9. The van der Waals surface area contributed by atoms with Gasteiger partial charge in [-0.3, -0.25) is 14.3 Å². The Bertz CT molecular complexity index is 1500. The van der Waals surface area contributed by atoms with Crippen molar-refractivity contribution in [3.63, 3.8) is 0 Å². The van der Waals surface area contributed by atoms with E-state index in [0.717, 1.165) is 0 Å². The molecule has 10 nitrogen and oxygen atoms in total. The fourth-order valence-electron chi connectivity index (χ4n) is 6.59. The number of halogens is 1. The van der Waals surface area contributed by atoms with E-state index >= 15 is 4.39 Å². The number of hydrogen-bond donors (Lipinski definition) is 2. The third-order valence-corrected chi connectivity index (χ3v) is 8.48. The monoisotopic (exact) mass is 591 g/mol. The lowest BCUT2D eigenvalue weighted by Gasteiger charge is -2.32. The van der Waals surface area contributed by atoms with Gasteiger partial charge in [0.05, 0.1) is 24.6 Å². The van der Waals surface area contributed by atoms with Crippen LogP contribution in [0, 0.1) is 11.8 Å².